The van der Waals surface area contributed by atoms with E-state index >= 15 is 0 Å². The predicted molar refractivity (Wildman–Crippen MR) is 84.6 cm³/mol. The maximum atomic E-state index is 2.62. The number of unbranched alkanes of at least 4 members (excludes halogenated alkanes) is 6. The zero-order chi connectivity index (χ0) is 13.1. The first kappa shape index (κ1) is 16.1. The fraction of sp³-hybridized carbons (Fsp3) is 1.00. The Balaban J connectivity index is 0.000000180. The molecule has 2 rings (SSSR count). The van der Waals surface area contributed by atoms with E-state index in [1.54, 1.807) is 0 Å². The van der Waals surface area contributed by atoms with Crippen LogP contribution in [0.1, 0.15) is 97.3 Å². The Hall–Kier alpha value is 0.0649. The summed E-state index contributed by atoms with van der Waals surface area (Å²) in [5.74, 6) is 2.05. The minimum absolute atomic E-state index is 1.03. The first-order valence-electron chi connectivity index (χ1n) is 8.71. The van der Waals surface area contributed by atoms with Gasteiger partial charge in [-0.25, -0.2) is 0 Å². The second-order valence-corrected chi connectivity index (χ2v) is 6.34. The summed E-state index contributed by atoms with van der Waals surface area (Å²) in [6, 6.07) is 0. The third kappa shape index (κ3) is 7.49. The van der Waals surface area contributed by atoms with E-state index < -0.39 is 0 Å². The third-order valence-corrected chi connectivity index (χ3v) is 4.55. The van der Waals surface area contributed by atoms with E-state index in [9.17, 15) is 0 Å². The summed E-state index contributed by atoms with van der Waals surface area (Å²) in [5.41, 5.74) is 0. The maximum absolute atomic E-state index is 2.62. The lowest BCUT2D eigenvalue weighted by Crippen LogP contribution is -2.21. The molecule has 0 unspecified atom stereocenters. The summed E-state index contributed by atoms with van der Waals surface area (Å²) in [7, 11) is 2.62. The summed E-state index contributed by atoms with van der Waals surface area (Å²) >= 11 is 0. The normalized spacial score (nSPS) is 25.9. The Morgan fingerprint density at radius 2 is 1.06 bits per heavy atom. The summed E-state index contributed by atoms with van der Waals surface area (Å²) in [4.78, 5) is 0. The van der Waals surface area contributed by atoms with E-state index in [0.717, 1.165) is 11.6 Å². The van der Waals surface area contributed by atoms with Crippen LogP contribution in [0.4, 0.5) is 0 Å². The fourth-order valence-corrected chi connectivity index (χ4v) is 3.37. The SMILES string of the molecule is CCCCCCCCC.[B]1C2CCCC1CCC2. The molecule has 0 nitrogen and oxygen atoms in total. The Morgan fingerprint density at radius 3 is 1.39 bits per heavy atom. The molecule has 18 heavy (non-hydrogen) atoms. The van der Waals surface area contributed by atoms with Gasteiger partial charge in [-0.05, 0) is 0 Å². The number of rotatable bonds is 6. The molecule has 0 aliphatic carbocycles. The Bertz CT molecular complexity index is 152. The summed E-state index contributed by atoms with van der Waals surface area (Å²) in [6.45, 7) is 4.53. The molecule has 1 heteroatoms. The van der Waals surface area contributed by atoms with Gasteiger partial charge in [0.25, 0.3) is 0 Å². The average Bonchev–Trinajstić information content (AvgIpc) is 2.40. The molecule has 2 aliphatic rings. The van der Waals surface area contributed by atoms with Crippen molar-refractivity contribution in [2.24, 2.45) is 0 Å². The topological polar surface area (TPSA) is 0 Å². The van der Waals surface area contributed by atoms with Crippen molar-refractivity contribution in [3.05, 3.63) is 0 Å². The molecule has 0 aromatic heterocycles. The summed E-state index contributed by atoms with van der Waals surface area (Å²) in [5, 5.41) is 0. The van der Waals surface area contributed by atoms with Crippen molar-refractivity contribution in [2.75, 3.05) is 0 Å². The van der Waals surface area contributed by atoms with Crippen LogP contribution in [-0.4, -0.2) is 7.28 Å². The monoisotopic (exact) mass is 249 g/mol. The molecule has 2 bridgehead atoms. The van der Waals surface area contributed by atoms with E-state index in [4.69, 9.17) is 0 Å². The van der Waals surface area contributed by atoms with Gasteiger partial charge in [0.05, 0.1) is 0 Å². The maximum Gasteiger partial charge on any atom is 0.117 e. The van der Waals surface area contributed by atoms with Gasteiger partial charge < -0.3 is 0 Å². The van der Waals surface area contributed by atoms with Crippen LogP contribution < -0.4 is 0 Å². The van der Waals surface area contributed by atoms with Crippen molar-refractivity contribution in [3.63, 3.8) is 0 Å². The van der Waals surface area contributed by atoms with Gasteiger partial charge in [-0.1, -0.05) is 109 Å². The lowest BCUT2D eigenvalue weighted by molar-refractivity contribution is 0.455. The summed E-state index contributed by atoms with van der Waals surface area (Å²) in [6.07, 6.45) is 19.0. The van der Waals surface area contributed by atoms with Crippen molar-refractivity contribution in [2.45, 2.75) is 109 Å². The summed E-state index contributed by atoms with van der Waals surface area (Å²) < 4.78 is 0. The van der Waals surface area contributed by atoms with Crippen LogP contribution in [-0.2, 0) is 0 Å². The van der Waals surface area contributed by atoms with Gasteiger partial charge in [0.1, 0.15) is 7.28 Å². The lowest BCUT2D eigenvalue weighted by Gasteiger charge is -2.33. The molecule has 1 radical (unpaired) electrons. The molecule has 0 atom stereocenters. The van der Waals surface area contributed by atoms with Crippen LogP contribution in [0.15, 0.2) is 0 Å². The highest BCUT2D eigenvalue weighted by Crippen LogP contribution is 2.40. The average molecular weight is 249 g/mol. The number of hydrogen-bond acceptors (Lipinski definition) is 0. The van der Waals surface area contributed by atoms with Gasteiger partial charge in [-0.3, -0.25) is 0 Å². The van der Waals surface area contributed by atoms with Gasteiger partial charge in [-0.2, -0.15) is 0 Å². The highest BCUT2D eigenvalue weighted by Gasteiger charge is 2.26. The number of hydrogen-bond donors (Lipinski definition) is 0. The highest BCUT2D eigenvalue weighted by molar-refractivity contribution is 6.40. The molecular weight excluding hydrogens is 215 g/mol. The van der Waals surface area contributed by atoms with Crippen molar-refractivity contribution in [1.29, 1.82) is 0 Å². The van der Waals surface area contributed by atoms with Crippen molar-refractivity contribution in [1.82, 2.24) is 0 Å². The first-order valence-corrected chi connectivity index (χ1v) is 8.71. The van der Waals surface area contributed by atoms with Crippen LogP contribution in [0.25, 0.3) is 0 Å². The van der Waals surface area contributed by atoms with E-state index in [2.05, 4.69) is 21.1 Å². The predicted octanol–water partition coefficient (Wildman–Crippen LogP) is 6.39. The van der Waals surface area contributed by atoms with E-state index in [0.29, 0.717) is 0 Å². The van der Waals surface area contributed by atoms with Crippen LogP contribution in [0, 0.1) is 0 Å². The second-order valence-electron chi connectivity index (χ2n) is 6.34. The fourth-order valence-electron chi connectivity index (χ4n) is 3.37. The highest BCUT2D eigenvalue weighted by atomic mass is 14.2. The van der Waals surface area contributed by atoms with Crippen LogP contribution in [0.2, 0.25) is 11.6 Å². The molecule has 0 saturated carbocycles. The minimum atomic E-state index is 1.03. The third-order valence-electron chi connectivity index (χ3n) is 4.55. The zero-order valence-corrected chi connectivity index (χ0v) is 12.9. The molecule has 2 heterocycles. The van der Waals surface area contributed by atoms with Crippen LogP contribution in [0.5, 0.6) is 0 Å². The van der Waals surface area contributed by atoms with E-state index in [1.165, 1.54) is 83.5 Å². The smallest absolute Gasteiger partial charge is 0.0686 e. The van der Waals surface area contributed by atoms with Gasteiger partial charge in [0, 0.05) is 0 Å². The largest absolute Gasteiger partial charge is 0.117 e. The molecule has 2 aliphatic heterocycles. The van der Waals surface area contributed by atoms with E-state index in [-0.39, 0.29) is 0 Å². The first-order chi connectivity index (χ1) is 8.86. The Morgan fingerprint density at radius 1 is 0.667 bits per heavy atom. The lowest BCUT2D eigenvalue weighted by atomic mass is 9.44. The van der Waals surface area contributed by atoms with Crippen molar-refractivity contribution in [3.8, 4) is 0 Å². The zero-order valence-electron chi connectivity index (χ0n) is 12.9. The molecule has 0 aromatic carbocycles. The minimum Gasteiger partial charge on any atom is -0.0686 e. The van der Waals surface area contributed by atoms with Gasteiger partial charge in [0.2, 0.25) is 0 Å². The molecule has 0 spiro atoms. The Kier molecular flexibility index (Phi) is 9.80. The quantitative estimate of drug-likeness (QED) is 0.378. The molecule has 2 saturated heterocycles. The van der Waals surface area contributed by atoms with Crippen molar-refractivity contribution >= 4 is 7.28 Å². The number of fused-ring (bicyclic) bond motifs is 2. The van der Waals surface area contributed by atoms with Gasteiger partial charge in [-0.15, -0.1) is 0 Å². The second kappa shape index (κ2) is 10.9. The molecule has 0 N–H and O–H groups in total. The Labute approximate surface area is 117 Å². The van der Waals surface area contributed by atoms with Crippen LogP contribution >= 0.6 is 0 Å². The van der Waals surface area contributed by atoms with Gasteiger partial charge >= 0.3 is 0 Å². The molecule has 2 fully saturated rings. The van der Waals surface area contributed by atoms with Crippen molar-refractivity contribution < 1.29 is 0 Å². The van der Waals surface area contributed by atoms with E-state index in [1.807, 2.05) is 0 Å². The standard InChI is InChI=1S/C9H20.C8H14B/c1-3-5-7-9-8-6-4-2;1-3-7-5-2-6-8(4-1)9-7/h3-9H2,1-2H3;7-8H,1-6H2. The molecule has 0 amide bonds. The molecule has 105 valence electrons. The molecule has 0 aromatic rings. The molecular formula is C17H34B. The van der Waals surface area contributed by atoms with Gasteiger partial charge in [0.15, 0.2) is 0 Å². The van der Waals surface area contributed by atoms with Crippen LogP contribution in [0.3, 0.4) is 0 Å².